The van der Waals surface area contributed by atoms with E-state index in [0.717, 1.165) is 19.6 Å². The van der Waals surface area contributed by atoms with E-state index >= 15 is 0 Å². The largest absolute Gasteiger partial charge is 0.469 e. The Hall–Kier alpha value is -0.610. The molecule has 0 aromatic rings. The van der Waals surface area contributed by atoms with E-state index < -0.39 is 0 Å². The lowest BCUT2D eigenvalue weighted by Crippen LogP contribution is -2.39. The fraction of sp³-hybridized carbons (Fsp3) is 0.909. The van der Waals surface area contributed by atoms with Gasteiger partial charge in [0.15, 0.2) is 0 Å². The molecule has 2 rings (SSSR count). The third-order valence-electron chi connectivity index (χ3n) is 3.61. The van der Waals surface area contributed by atoms with Crippen LogP contribution in [0.2, 0.25) is 0 Å². The minimum Gasteiger partial charge on any atom is -0.469 e. The highest BCUT2D eigenvalue weighted by Gasteiger charge is 2.34. The smallest absolute Gasteiger partial charge is 0.306 e. The van der Waals surface area contributed by atoms with Crippen molar-refractivity contribution in [3.8, 4) is 0 Å². The first-order chi connectivity index (χ1) is 7.31. The molecule has 2 heterocycles. The van der Waals surface area contributed by atoms with E-state index in [1.807, 2.05) is 0 Å². The number of hydrogen-bond acceptors (Lipinski definition) is 4. The molecule has 2 atom stereocenters. The molecule has 0 aromatic heterocycles. The molecule has 2 aliphatic heterocycles. The summed E-state index contributed by atoms with van der Waals surface area (Å²) in [5.41, 5.74) is 0. The topological polar surface area (TPSA) is 41.6 Å². The molecule has 1 N–H and O–H groups in total. The second-order valence-electron chi connectivity index (χ2n) is 4.44. The lowest BCUT2D eigenvalue weighted by atomic mass is 10.1. The molecule has 2 aliphatic rings. The van der Waals surface area contributed by atoms with E-state index in [0.29, 0.717) is 18.5 Å². The summed E-state index contributed by atoms with van der Waals surface area (Å²) >= 11 is 0. The quantitative estimate of drug-likeness (QED) is 0.687. The van der Waals surface area contributed by atoms with Gasteiger partial charge in [0.1, 0.15) is 0 Å². The van der Waals surface area contributed by atoms with Crippen molar-refractivity contribution in [1.29, 1.82) is 0 Å². The third kappa shape index (κ3) is 2.49. The maximum atomic E-state index is 11.1. The van der Waals surface area contributed by atoms with Crippen LogP contribution in [0.15, 0.2) is 0 Å². The summed E-state index contributed by atoms with van der Waals surface area (Å²) in [6, 6.07) is 1.33. The van der Waals surface area contributed by atoms with Crippen molar-refractivity contribution in [3.05, 3.63) is 0 Å². The number of ether oxygens (including phenoxy) is 1. The highest BCUT2D eigenvalue weighted by molar-refractivity contribution is 5.69. The van der Waals surface area contributed by atoms with Crippen molar-refractivity contribution in [2.75, 3.05) is 26.7 Å². The van der Waals surface area contributed by atoms with Gasteiger partial charge in [-0.2, -0.15) is 0 Å². The SMILES string of the molecule is COC(=O)CCN1C2CCNCC1CC2. The normalized spacial score (nSPS) is 31.3. The molecule has 0 radical (unpaired) electrons. The van der Waals surface area contributed by atoms with Crippen molar-refractivity contribution in [1.82, 2.24) is 10.2 Å². The summed E-state index contributed by atoms with van der Waals surface area (Å²) in [7, 11) is 1.46. The molecule has 2 saturated heterocycles. The summed E-state index contributed by atoms with van der Waals surface area (Å²) in [6.45, 7) is 3.07. The van der Waals surface area contributed by atoms with Gasteiger partial charge in [-0.25, -0.2) is 0 Å². The van der Waals surface area contributed by atoms with Crippen molar-refractivity contribution >= 4 is 5.97 Å². The number of carbonyl (C=O) groups excluding carboxylic acids is 1. The molecule has 0 aromatic carbocycles. The Morgan fingerprint density at radius 3 is 3.00 bits per heavy atom. The van der Waals surface area contributed by atoms with Crippen LogP contribution in [0.25, 0.3) is 0 Å². The van der Waals surface area contributed by atoms with Gasteiger partial charge in [0, 0.05) is 25.2 Å². The van der Waals surface area contributed by atoms with E-state index in [4.69, 9.17) is 0 Å². The molecule has 15 heavy (non-hydrogen) atoms. The van der Waals surface area contributed by atoms with Crippen LogP contribution >= 0.6 is 0 Å². The number of esters is 1. The van der Waals surface area contributed by atoms with Crippen LogP contribution in [0.4, 0.5) is 0 Å². The molecular formula is C11H20N2O2. The number of hydrogen-bond donors (Lipinski definition) is 1. The molecule has 4 nitrogen and oxygen atoms in total. The molecule has 2 fully saturated rings. The van der Waals surface area contributed by atoms with E-state index in [2.05, 4.69) is 15.0 Å². The van der Waals surface area contributed by atoms with Gasteiger partial charge in [-0.05, 0) is 25.8 Å². The number of rotatable bonds is 3. The number of carbonyl (C=O) groups is 1. The van der Waals surface area contributed by atoms with Crippen LogP contribution in [-0.4, -0.2) is 49.7 Å². The predicted molar refractivity (Wildman–Crippen MR) is 57.6 cm³/mol. The van der Waals surface area contributed by atoms with Crippen molar-refractivity contribution in [2.24, 2.45) is 0 Å². The standard InChI is InChI=1S/C11H20N2O2/c1-15-11(14)5-7-13-9-2-3-10(13)8-12-6-4-9/h9-10,12H,2-8H2,1H3. The highest BCUT2D eigenvalue weighted by Crippen LogP contribution is 2.27. The number of nitrogens with zero attached hydrogens (tertiary/aromatic N) is 1. The number of fused-ring (bicyclic) bond motifs is 2. The lowest BCUT2D eigenvalue weighted by Gasteiger charge is -2.26. The summed E-state index contributed by atoms with van der Waals surface area (Å²) in [5, 5.41) is 3.45. The first-order valence-corrected chi connectivity index (χ1v) is 5.84. The average Bonchev–Trinajstić information content (AvgIpc) is 2.48. The summed E-state index contributed by atoms with van der Waals surface area (Å²) in [4.78, 5) is 13.6. The Morgan fingerprint density at radius 2 is 2.20 bits per heavy atom. The number of nitrogens with one attached hydrogen (secondary N) is 1. The molecule has 4 heteroatoms. The Morgan fingerprint density at radius 1 is 1.40 bits per heavy atom. The minimum absolute atomic E-state index is 0.0911. The van der Waals surface area contributed by atoms with Crippen molar-refractivity contribution < 1.29 is 9.53 Å². The van der Waals surface area contributed by atoms with Gasteiger partial charge in [-0.3, -0.25) is 9.69 Å². The van der Waals surface area contributed by atoms with Crippen LogP contribution in [0.1, 0.15) is 25.7 Å². The highest BCUT2D eigenvalue weighted by atomic mass is 16.5. The Labute approximate surface area is 91.0 Å². The zero-order valence-electron chi connectivity index (χ0n) is 9.37. The fourth-order valence-electron chi connectivity index (χ4n) is 2.77. The van der Waals surface area contributed by atoms with Crippen molar-refractivity contribution in [2.45, 2.75) is 37.8 Å². The van der Waals surface area contributed by atoms with E-state index in [-0.39, 0.29) is 5.97 Å². The monoisotopic (exact) mass is 212 g/mol. The molecule has 0 aliphatic carbocycles. The van der Waals surface area contributed by atoms with Gasteiger partial charge < -0.3 is 10.1 Å². The van der Waals surface area contributed by atoms with Gasteiger partial charge >= 0.3 is 5.97 Å². The third-order valence-corrected chi connectivity index (χ3v) is 3.61. The lowest BCUT2D eigenvalue weighted by molar-refractivity contribution is -0.141. The Bertz CT molecular complexity index is 219. The maximum absolute atomic E-state index is 11.1. The van der Waals surface area contributed by atoms with Crippen LogP contribution in [0, 0.1) is 0 Å². The van der Waals surface area contributed by atoms with E-state index in [1.54, 1.807) is 0 Å². The van der Waals surface area contributed by atoms with Crippen LogP contribution in [0.3, 0.4) is 0 Å². The second-order valence-corrected chi connectivity index (χ2v) is 4.44. The Kier molecular flexibility index (Phi) is 3.59. The zero-order valence-corrected chi connectivity index (χ0v) is 9.37. The maximum Gasteiger partial charge on any atom is 0.306 e. The minimum atomic E-state index is -0.0911. The zero-order chi connectivity index (χ0) is 10.7. The van der Waals surface area contributed by atoms with Crippen molar-refractivity contribution in [3.63, 3.8) is 0 Å². The molecule has 0 saturated carbocycles. The first kappa shape index (κ1) is 10.9. The summed E-state index contributed by atoms with van der Waals surface area (Å²) in [5.74, 6) is -0.0911. The summed E-state index contributed by atoms with van der Waals surface area (Å²) in [6.07, 6.45) is 4.33. The van der Waals surface area contributed by atoms with Gasteiger partial charge in [-0.15, -0.1) is 0 Å². The average molecular weight is 212 g/mol. The van der Waals surface area contributed by atoms with E-state index in [1.165, 1.54) is 26.4 Å². The van der Waals surface area contributed by atoms with Gasteiger partial charge in [0.05, 0.1) is 13.5 Å². The van der Waals surface area contributed by atoms with Gasteiger partial charge in [0.25, 0.3) is 0 Å². The molecule has 0 amide bonds. The Balaban J connectivity index is 1.87. The molecular weight excluding hydrogens is 192 g/mol. The second kappa shape index (κ2) is 4.94. The summed E-state index contributed by atoms with van der Waals surface area (Å²) < 4.78 is 4.68. The molecule has 0 spiro atoms. The van der Waals surface area contributed by atoms with E-state index in [9.17, 15) is 4.79 Å². The molecule has 86 valence electrons. The van der Waals surface area contributed by atoms with Crippen LogP contribution in [0.5, 0.6) is 0 Å². The fourth-order valence-corrected chi connectivity index (χ4v) is 2.77. The number of methoxy groups -OCH3 is 1. The molecule has 2 bridgehead atoms. The van der Waals surface area contributed by atoms with Crippen LogP contribution < -0.4 is 5.32 Å². The van der Waals surface area contributed by atoms with Gasteiger partial charge in [-0.1, -0.05) is 0 Å². The molecule has 2 unspecified atom stereocenters. The first-order valence-electron chi connectivity index (χ1n) is 5.84. The van der Waals surface area contributed by atoms with Gasteiger partial charge in [0.2, 0.25) is 0 Å². The van der Waals surface area contributed by atoms with Crippen LogP contribution in [-0.2, 0) is 9.53 Å². The predicted octanol–water partition coefficient (Wildman–Crippen LogP) is 0.376.